The van der Waals surface area contributed by atoms with Crippen molar-refractivity contribution >= 4 is 56.0 Å². The average Bonchev–Trinajstić information content (AvgIpc) is 3.08. The van der Waals surface area contributed by atoms with Crippen molar-refractivity contribution in [1.82, 2.24) is 9.88 Å². The van der Waals surface area contributed by atoms with Crippen molar-refractivity contribution in [3.05, 3.63) is 52.8 Å². The molecule has 0 unspecified atom stereocenters. The van der Waals surface area contributed by atoms with Crippen LogP contribution in [-0.2, 0) is 4.79 Å². The maximum Gasteiger partial charge on any atom is 0.239 e. The number of fused-ring (bicyclic) bond motifs is 1. The Labute approximate surface area is 183 Å². The van der Waals surface area contributed by atoms with Gasteiger partial charge in [-0.15, -0.1) is 11.8 Å². The zero-order chi connectivity index (χ0) is 21.0. The van der Waals surface area contributed by atoms with Crippen molar-refractivity contribution in [3.8, 4) is 0 Å². The minimum absolute atomic E-state index is 0.0131. The molecule has 3 aromatic rings. The van der Waals surface area contributed by atoms with Crippen LogP contribution in [0.1, 0.15) is 12.0 Å². The van der Waals surface area contributed by atoms with Crippen LogP contribution in [0.3, 0.4) is 0 Å². The van der Waals surface area contributed by atoms with Crippen molar-refractivity contribution in [2.45, 2.75) is 18.2 Å². The largest absolute Gasteiger partial charge is 0.309 e. The predicted octanol–water partition coefficient (Wildman–Crippen LogP) is 5.47. The Morgan fingerprint density at radius 1 is 1.21 bits per heavy atom. The SMILES string of the molecule is Cc1cc(Cl)cc2sc(N(CCCN(C)C)C(=O)CSc3ccc(F)cc3)nc12. The highest BCUT2D eigenvalue weighted by Crippen LogP contribution is 2.33. The highest BCUT2D eigenvalue weighted by molar-refractivity contribution is 8.00. The molecular formula is C21H23ClFN3OS2. The molecule has 0 fully saturated rings. The molecule has 0 atom stereocenters. The molecule has 0 spiro atoms. The van der Waals surface area contributed by atoms with E-state index in [9.17, 15) is 9.18 Å². The Morgan fingerprint density at radius 3 is 2.62 bits per heavy atom. The lowest BCUT2D eigenvalue weighted by molar-refractivity contribution is -0.116. The third-order valence-corrected chi connectivity index (χ3v) is 6.57. The highest BCUT2D eigenvalue weighted by atomic mass is 35.5. The van der Waals surface area contributed by atoms with Crippen LogP contribution < -0.4 is 4.90 Å². The normalized spacial score (nSPS) is 11.4. The molecule has 2 aromatic carbocycles. The number of aromatic nitrogens is 1. The van der Waals surface area contributed by atoms with Gasteiger partial charge < -0.3 is 4.90 Å². The molecule has 0 saturated carbocycles. The Kier molecular flexibility index (Phi) is 7.51. The standard InChI is InChI=1S/C21H23ClFN3OS2/c1-14-11-15(22)12-18-20(14)24-21(29-18)26(10-4-9-25(2)3)19(27)13-28-17-7-5-16(23)6-8-17/h5-8,11-12H,4,9-10,13H2,1-3H3. The summed E-state index contributed by atoms with van der Waals surface area (Å²) in [6.45, 7) is 3.44. The molecule has 29 heavy (non-hydrogen) atoms. The van der Waals surface area contributed by atoms with Gasteiger partial charge in [-0.1, -0.05) is 22.9 Å². The van der Waals surface area contributed by atoms with Crippen LogP contribution in [-0.4, -0.2) is 48.7 Å². The molecule has 4 nitrogen and oxygen atoms in total. The third kappa shape index (κ3) is 5.92. The molecule has 154 valence electrons. The smallest absolute Gasteiger partial charge is 0.239 e. The van der Waals surface area contributed by atoms with E-state index in [0.717, 1.165) is 33.6 Å². The van der Waals surface area contributed by atoms with Crippen LogP contribution in [0.5, 0.6) is 0 Å². The summed E-state index contributed by atoms with van der Waals surface area (Å²) in [5.41, 5.74) is 1.88. The quantitative estimate of drug-likeness (QED) is 0.425. The Bertz CT molecular complexity index is 992. The summed E-state index contributed by atoms with van der Waals surface area (Å²) in [6.07, 6.45) is 0.843. The van der Waals surface area contributed by atoms with Crippen LogP contribution in [0.2, 0.25) is 5.02 Å². The van der Waals surface area contributed by atoms with Gasteiger partial charge in [0.25, 0.3) is 0 Å². The zero-order valence-corrected chi connectivity index (χ0v) is 19.0. The Balaban J connectivity index is 1.80. The van der Waals surface area contributed by atoms with Gasteiger partial charge in [0.1, 0.15) is 5.82 Å². The molecule has 0 aliphatic rings. The number of thiazole rings is 1. The summed E-state index contributed by atoms with van der Waals surface area (Å²) < 4.78 is 14.1. The zero-order valence-electron chi connectivity index (χ0n) is 16.6. The van der Waals surface area contributed by atoms with Crippen molar-refractivity contribution in [2.24, 2.45) is 0 Å². The van der Waals surface area contributed by atoms with Gasteiger partial charge in [-0.25, -0.2) is 9.37 Å². The van der Waals surface area contributed by atoms with Gasteiger partial charge in [-0.05, 0) is 75.9 Å². The van der Waals surface area contributed by atoms with Gasteiger partial charge in [-0.2, -0.15) is 0 Å². The van der Waals surface area contributed by atoms with Crippen LogP contribution in [0.4, 0.5) is 9.52 Å². The third-order valence-electron chi connectivity index (χ3n) is 4.33. The first-order chi connectivity index (χ1) is 13.8. The maximum atomic E-state index is 13.1. The molecule has 1 heterocycles. The number of hydrogen-bond donors (Lipinski definition) is 0. The molecule has 1 amide bonds. The lowest BCUT2D eigenvalue weighted by atomic mass is 10.2. The molecule has 0 N–H and O–H groups in total. The molecular weight excluding hydrogens is 429 g/mol. The fourth-order valence-electron chi connectivity index (χ4n) is 2.88. The first kappa shape index (κ1) is 22.0. The first-order valence-electron chi connectivity index (χ1n) is 9.23. The number of anilines is 1. The Morgan fingerprint density at radius 2 is 1.93 bits per heavy atom. The summed E-state index contributed by atoms with van der Waals surface area (Å²) >= 11 is 9.07. The summed E-state index contributed by atoms with van der Waals surface area (Å²) in [7, 11) is 4.03. The second-order valence-corrected chi connectivity index (χ2v) is 9.50. The molecule has 1 aromatic heterocycles. The second-order valence-electron chi connectivity index (χ2n) is 7.01. The molecule has 0 aliphatic carbocycles. The molecule has 0 bridgehead atoms. The van der Waals surface area contributed by atoms with Gasteiger partial charge in [0.15, 0.2) is 5.13 Å². The van der Waals surface area contributed by atoms with Gasteiger partial charge in [0, 0.05) is 16.5 Å². The molecule has 0 radical (unpaired) electrons. The number of nitrogens with zero attached hydrogens (tertiary/aromatic N) is 3. The minimum atomic E-state index is -0.283. The van der Waals surface area contributed by atoms with E-state index in [1.165, 1.54) is 35.2 Å². The van der Waals surface area contributed by atoms with E-state index in [0.29, 0.717) is 16.7 Å². The fourth-order valence-corrected chi connectivity index (χ4v) is 5.12. The van der Waals surface area contributed by atoms with Gasteiger partial charge in [0.2, 0.25) is 5.91 Å². The number of carbonyl (C=O) groups excluding carboxylic acids is 1. The van der Waals surface area contributed by atoms with E-state index in [-0.39, 0.29) is 17.5 Å². The second kappa shape index (κ2) is 9.89. The van der Waals surface area contributed by atoms with Crippen LogP contribution >= 0.6 is 34.7 Å². The minimum Gasteiger partial charge on any atom is -0.309 e. The number of aryl methyl sites for hydroxylation is 1. The molecule has 8 heteroatoms. The van der Waals surface area contributed by atoms with Crippen LogP contribution in [0.15, 0.2) is 41.3 Å². The number of rotatable bonds is 8. The number of amides is 1. The highest BCUT2D eigenvalue weighted by Gasteiger charge is 2.20. The van der Waals surface area contributed by atoms with E-state index in [1.807, 2.05) is 33.2 Å². The first-order valence-corrected chi connectivity index (χ1v) is 11.4. The van der Waals surface area contributed by atoms with Gasteiger partial charge >= 0.3 is 0 Å². The van der Waals surface area contributed by atoms with Gasteiger partial charge in [-0.3, -0.25) is 9.69 Å². The van der Waals surface area contributed by atoms with Crippen molar-refractivity contribution < 1.29 is 9.18 Å². The number of hydrogen-bond acceptors (Lipinski definition) is 5. The summed E-state index contributed by atoms with van der Waals surface area (Å²) in [6, 6.07) is 9.96. The lowest BCUT2D eigenvalue weighted by Crippen LogP contribution is -2.34. The maximum absolute atomic E-state index is 13.1. The van der Waals surface area contributed by atoms with Crippen LogP contribution in [0.25, 0.3) is 10.2 Å². The molecule has 3 rings (SSSR count). The summed E-state index contributed by atoms with van der Waals surface area (Å²) in [4.78, 5) is 22.5. The lowest BCUT2D eigenvalue weighted by Gasteiger charge is -2.21. The number of benzene rings is 2. The molecule has 0 saturated heterocycles. The van der Waals surface area contributed by atoms with E-state index in [1.54, 1.807) is 17.0 Å². The topological polar surface area (TPSA) is 36.4 Å². The van der Waals surface area contributed by atoms with E-state index < -0.39 is 0 Å². The monoisotopic (exact) mass is 451 g/mol. The van der Waals surface area contributed by atoms with Crippen LogP contribution in [0, 0.1) is 12.7 Å². The van der Waals surface area contributed by atoms with E-state index >= 15 is 0 Å². The van der Waals surface area contributed by atoms with Crippen molar-refractivity contribution in [3.63, 3.8) is 0 Å². The fraction of sp³-hybridized carbons (Fsp3) is 0.333. The van der Waals surface area contributed by atoms with E-state index in [4.69, 9.17) is 16.6 Å². The van der Waals surface area contributed by atoms with Crippen molar-refractivity contribution in [1.29, 1.82) is 0 Å². The molecule has 0 aliphatic heterocycles. The summed E-state index contributed by atoms with van der Waals surface area (Å²) in [5, 5.41) is 1.36. The predicted molar refractivity (Wildman–Crippen MR) is 122 cm³/mol. The summed E-state index contributed by atoms with van der Waals surface area (Å²) in [5.74, 6) is -0.0288. The average molecular weight is 452 g/mol. The number of halogens is 2. The van der Waals surface area contributed by atoms with Gasteiger partial charge in [0.05, 0.1) is 16.0 Å². The Hall–Kier alpha value is -1.67. The van der Waals surface area contributed by atoms with Crippen molar-refractivity contribution in [2.75, 3.05) is 37.8 Å². The number of thioether (sulfide) groups is 1. The number of carbonyl (C=O) groups is 1. The van der Waals surface area contributed by atoms with E-state index in [2.05, 4.69) is 4.90 Å².